The zero-order valence-corrected chi connectivity index (χ0v) is 17.0. The fourth-order valence-electron chi connectivity index (χ4n) is 2.64. The second kappa shape index (κ2) is 7.64. The molecule has 0 saturated heterocycles. The van der Waals surface area contributed by atoms with E-state index in [-0.39, 0.29) is 39.0 Å². The molecule has 0 radical (unpaired) electrons. The predicted octanol–water partition coefficient (Wildman–Crippen LogP) is 5.54. The van der Waals surface area contributed by atoms with E-state index in [0.717, 1.165) is 6.07 Å². The Kier molecular flexibility index (Phi) is 5.51. The molecule has 0 fully saturated rings. The standard InChI is InChI=1S/C20H18ClF3N4O2/c1-19(2,3)15-9-14(30-28-15)18(29)27-13-8-12(26-17(21)16(13)25)10-6-4-5-7-11(10)20(22,23)24/h4-9H,25H2,1-3H3,(H,26,27,29). The Morgan fingerprint density at radius 3 is 2.43 bits per heavy atom. The third-order valence-electron chi connectivity index (χ3n) is 4.27. The molecule has 0 bridgehead atoms. The van der Waals surface area contributed by atoms with Gasteiger partial charge in [-0.25, -0.2) is 4.98 Å². The molecule has 1 aromatic carbocycles. The first-order valence-electron chi connectivity index (χ1n) is 8.79. The van der Waals surface area contributed by atoms with Crippen molar-refractivity contribution < 1.29 is 22.5 Å². The molecule has 3 N–H and O–H groups in total. The highest BCUT2D eigenvalue weighted by Gasteiger charge is 2.34. The summed E-state index contributed by atoms with van der Waals surface area (Å²) < 4.78 is 45.2. The fourth-order valence-corrected chi connectivity index (χ4v) is 2.83. The molecule has 0 atom stereocenters. The van der Waals surface area contributed by atoms with E-state index < -0.39 is 17.6 Å². The molecule has 0 aliphatic carbocycles. The smallest absolute Gasteiger partial charge is 0.395 e. The largest absolute Gasteiger partial charge is 0.417 e. The summed E-state index contributed by atoms with van der Waals surface area (Å²) in [7, 11) is 0. The Balaban J connectivity index is 1.99. The number of benzene rings is 1. The van der Waals surface area contributed by atoms with Gasteiger partial charge in [0.25, 0.3) is 5.91 Å². The summed E-state index contributed by atoms with van der Waals surface area (Å²) in [5.41, 5.74) is 4.84. The molecule has 30 heavy (non-hydrogen) atoms. The highest BCUT2D eigenvalue weighted by Crippen LogP contribution is 2.39. The fraction of sp³-hybridized carbons (Fsp3) is 0.250. The van der Waals surface area contributed by atoms with E-state index >= 15 is 0 Å². The minimum Gasteiger partial charge on any atom is -0.395 e. The van der Waals surface area contributed by atoms with E-state index in [0.29, 0.717) is 5.69 Å². The van der Waals surface area contributed by atoms with Crippen LogP contribution in [0.2, 0.25) is 5.15 Å². The SMILES string of the molecule is CC(C)(C)c1cc(C(=O)Nc2cc(-c3ccccc3C(F)(F)F)nc(Cl)c2N)on1. The van der Waals surface area contributed by atoms with Crippen LogP contribution in [-0.4, -0.2) is 16.0 Å². The molecule has 1 amide bonds. The van der Waals surface area contributed by atoms with Crippen LogP contribution in [0.4, 0.5) is 24.5 Å². The summed E-state index contributed by atoms with van der Waals surface area (Å²) in [6.45, 7) is 5.70. The van der Waals surface area contributed by atoms with E-state index in [1.54, 1.807) is 0 Å². The lowest BCUT2D eigenvalue weighted by molar-refractivity contribution is -0.137. The van der Waals surface area contributed by atoms with Crippen molar-refractivity contribution in [2.75, 3.05) is 11.1 Å². The van der Waals surface area contributed by atoms with E-state index in [4.69, 9.17) is 21.9 Å². The van der Waals surface area contributed by atoms with Gasteiger partial charge in [0.2, 0.25) is 5.76 Å². The first kappa shape index (κ1) is 21.6. The molecule has 0 unspecified atom stereocenters. The average Bonchev–Trinajstić information content (AvgIpc) is 3.15. The number of pyridine rings is 1. The summed E-state index contributed by atoms with van der Waals surface area (Å²) in [6, 6.07) is 7.61. The maximum absolute atomic E-state index is 13.4. The normalized spacial score (nSPS) is 12.1. The highest BCUT2D eigenvalue weighted by atomic mass is 35.5. The number of rotatable bonds is 3. The molecule has 6 nitrogen and oxygen atoms in total. The zero-order chi connectivity index (χ0) is 22.3. The van der Waals surface area contributed by atoms with Crippen LogP contribution in [-0.2, 0) is 11.6 Å². The van der Waals surface area contributed by atoms with E-state index in [1.165, 1.54) is 30.3 Å². The Hall–Kier alpha value is -3.07. The number of nitrogens with two attached hydrogens (primary N) is 1. The van der Waals surface area contributed by atoms with Gasteiger partial charge < -0.3 is 15.6 Å². The lowest BCUT2D eigenvalue weighted by Crippen LogP contribution is -2.14. The molecule has 2 aromatic heterocycles. The van der Waals surface area contributed by atoms with Crippen LogP contribution < -0.4 is 11.1 Å². The van der Waals surface area contributed by atoms with Crippen molar-refractivity contribution in [3.8, 4) is 11.3 Å². The third kappa shape index (κ3) is 4.40. The van der Waals surface area contributed by atoms with Crippen LogP contribution >= 0.6 is 11.6 Å². The van der Waals surface area contributed by atoms with Crippen LogP contribution in [0.1, 0.15) is 42.6 Å². The van der Waals surface area contributed by atoms with Crippen molar-refractivity contribution in [3.05, 3.63) is 58.6 Å². The van der Waals surface area contributed by atoms with Crippen LogP contribution in [0.5, 0.6) is 0 Å². The Bertz CT molecular complexity index is 1100. The lowest BCUT2D eigenvalue weighted by atomic mass is 9.92. The molecule has 10 heteroatoms. The number of nitrogens with zero attached hydrogens (tertiary/aromatic N) is 2. The van der Waals surface area contributed by atoms with Gasteiger partial charge in [0.1, 0.15) is 0 Å². The number of hydrogen-bond donors (Lipinski definition) is 2. The Morgan fingerprint density at radius 2 is 1.83 bits per heavy atom. The molecular formula is C20H18ClF3N4O2. The summed E-state index contributed by atoms with van der Waals surface area (Å²) in [4.78, 5) is 16.5. The second-order valence-electron chi connectivity index (χ2n) is 7.58. The van der Waals surface area contributed by atoms with Gasteiger partial charge in [-0.1, -0.05) is 55.7 Å². The number of aromatic nitrogens is 2. The molecule has 0 saturated carbocycles. The summed E-state index contributed by atoms with van der Waals surface area (Å²) in [5.74, 6) is -0.758. The van der Waals surface area contributed by atoms with Gasteiger partial charge in [-0.15, -0.1) is 0 Å². The molecular weight excluding hydrogens is 421 g/mol. The molecule has 3 rings (SSSR count). The van der Waals surface area contributed by atoms with Crippen LogP contribution in [0.15, 0.2) is 40.9 Å². The van der Waals surface area contributed by atoms with Gasteiger partial charge in [0.15, 0.2) is 5.15 Å². The molecule has 2 heterocycles. The number of nitrogens with one attached hydrogen (secondary N) is 1. The Morgan fingerprint density at radius 1 is 1.17 bits per heavy atom. The highest BCUT2D eigenvalue weighted by molar-refractivity contribution is 6.33. The number of carbonyl (C=O) groups is 1. The lowest BCUT2D eigenvalue weighted by Gasteiger charge is -2.15. The molecule has 0 aliphatic heterocycles. The zero-order valence-electron chi connectivity index (χ0n) is 16.3. The number of halogens is 4. The summed E-state index contributed by atoms with van der Waals surface area (Å²) >= 11 is 6.02. The Labute approximate surface area is 175 Å². The molecule has 0 spiro atoms. The molecule has 0 aliphatic rings. The van der Waals surface area contributed by atoms with Crippen molar-refractivity contribution in [2.24, 2.45) is 0 Å². The topological polar surface area (TPSA) is 94.0 Å². The van der Waals surface area contributed by atoms with E-state index in [9.17, 15) is 18.0 Å². The maximum Gasteiger partial charge on any atom is 0.417 e. The maximum atomic E-state index is 13.4. The van der Waals surface area contributed by atoms with Gasteiger partial charge in [-0.3, -0.25) is 4.79 Å². The minimum atomic E-state index is -4.60. The summed E-state index contributed by atoms with van der Waals surface area (Å²) in [6.07, 6.45) is -4.60. The van der Waals surface area contributed by atoms with Gasteiger partial charge in [-0.2, -0.15) is 13.2 Å². The van der Waals surface area contributed by atoms with Crippen LogP contribution in [0.3, 0.4) is 0 Å². The second-order valence-corrected chi connectivity index (χ2v) is 7.94. The predicted molar refractivity (Wildman–Crippen MR) is 107 cm³/mol. The number of hydrogen-bond acceptors (Lipinski definition) is 5. The first-order valence-corrected chi connectivity index (χ1v) is 9.17. The number of nitrogen functional groups attached to an aromatic ring is 1. The molecule has 3 aromatic rings. The van der Waals surface area contributed by atoms with Crippen LogP contribution in [0.25, 0.3) is 11.3 Å². The average molecular weight is 439 g/mol. The van der Waals surface area contributed by atoms with Crippen molar-refractivity contribution in [1.82, 2.24) is 10.1 Å². The van der Waals surface area contributed by atoms with Crippen molar-refractivity contribution in [3.63, 3.8) is 0 Å². The minimum absolute atomic E-state index is 0.000635. The first-order chi connectivity index (χ1) is 13.9. The quantitative estimate of drug-likeness (QED) is 0.523. The van der Waals surface area contributed by atoms with Crippen molar-refractivity contribution >= 4 is 28.9 Å². The number of alkyl halides is 3. The summed E-state index contributed by atoms with van der Waals surface area (Å²) in [5, 5.41) is 6.12. The van der Waals surface area contributed by atoms with Gasteiger partial charge in [0.05, 0.1) is 28.3 Å². The number of carbonyl (C=O) groups excluding carboxylic acids is 1. The van der Waals surface area contributed by atoms with Crippen molar-refractivity contribution in [2.45, 2.75) is 32.4 Å². The van der Waals surface area contributed by atoms with Crippen molar-refractivity contribution in [1.29, 1.82) is 0 Å². The van der Waals surface area contributed by atoms with Gasteiger partial charge >= 0.3 is 6.18 Å². The van der Waals surface area contributed by atoms with Gasteiger partial charge in [0, 0.05) is 17.0 Å². The monoisotopic (exact) mass is 438 g/mol. The number of amides is 1. The van der Waals surface area contributed by atoms with E-state index in [2.05, 4.69) is 15.5 Å². The molecule has 158 valence electrons. The van der Waals surface area contributed by atoms with Crippen LogP contribution in [0, 0.1) is 0 Å². The third-order valence-corrected chi connectivity index (χ3v) is 4.56. The number of anilines is 2. The van der Waals surface area contributed by atoms with E-state index in [1.807, 2.05) is 20.8 Å². The van der Waals surface area contributed by atoms with Gasteiger partial charge in [-0.05, 0) is 12.1 Å².